The zero-order valence-corrected chi connectivity index (χ0v) is 14.2. The molecule has 4 nitrogen and oxygen atoms in total. The second-order valence-electron chi connectivity index (χ2n) is 6.54. The Morgan fingerprint density at radius 1 is 1.27 bits per heavy atom. The highest BCUT2D eigenvalue weighted by atomic mass is 16.5. The second-order valence-corrected chi connectivity index (χ2v) is 6.54. The second kappa shape index (κ2) is 7.97. The van der Waals surface area contributed by atoms with Gasteiger partial charge in [-0.2, -0.15) is 0 Å². The van der Waals surface area contributed by atoms with Crippen LogP contribution in [0, 0.1) is 5.41 Å². The number of carbonyl (C=O) groups is 2. The van der Waals surface area contributed by atoms with Crippen LogP contribution < -0.4 is 10.1 Å². The number of carbonyl (C=O) groups excluding carboxylic acids is 2. The highest BCUT2D eigenvalue weighted by molar-refractivity contribution is 5.89. The van der Waals surface area contributed by atoms with Crippen molar-refractivity contribution < 1.29 is 14.3 Å². The molecule has 1 aromatic carbocycles. The summed E-state index contributed by atoms with van der Waals surface area (Å²) in [7, 11) is 1.62. The van der Waals surface area contributed by atoms with Crippen LogP contribution >= 0.6 is 0 Å². The minimum atomic E-state index is -0.435. The summed E-state index contributed by atoms with van der Waals surface area (Å²) in [4.78, 5) is 24.2. The number of ketones is 1. The topological polar surface area (TPSA) is 55.4 Å². The van der Waals surface area contributed by atoms with Crippen LogP contribution in [0.2, 0.25) is 0 Å². The molecular formula is C18H27NO3. The number of ether oxygens (including phenoxy) is 1. The van der Waals surface area contributed by atoms with Crippen LogP contribution in [0.4, 0.5) is 0 Å². The molecule has 0 radical (unpaired) electrons. The Morgan fingerprint density at radius 3 is 2.50 bits per heavy atom. The quantitative estimate of drug-likeness (QED) is 0.842. The van der Waals surface area contributed by atoms with Gasteiger partial charge in [-0.15, -0.1) is 0 Å². The first-order valence-electron chi connectivity index (χ1n) is 7.73. The van der Waals surface area contributed by atoms with Gasteiger partial charge in [0.15, 0.2) is 5.78 Å². The predicted molar refractivity (Wildman–Crippen MR) is 88.0 cm³/mol. The van der Waals surface area contributed by atoms with E-state index in [9.17, 15) is 9.59 Å². The molecule has 0 heterocycles. The molecular weight excluding hydrogens is 278 g/mol. The summed E-state index contributed by atoms with van der Waals surface area (Å²) in [5.41, 5.74) is 0.766. The van der Waals surface area contributed by atoms with E-state index in [4.69, 9.17) is 4.74 Å². The van der Waals surface area contributed by atoms with Gasteiger partial charge in [0.05, 0.1) is 13.2 Å². The van der Waals surface area contributed by atoms with E-state index in [-0.39, 0.29) is 17.1 Å². The molecule has 1 aromatic rings. The Labute approximate surface area is 133 Å². The Kier molecular flexibility index (Phi) is 6.60. The molecule has 0 aliphatic heterocycles. The van der Waals surface area contributed by atoms with Gasteiger partial charge in [-0.25, -0.2) is 0 Å². The molecule has 0 bridgehead atoms. The number of benzene rings is 1. The van der Waals surface area contributed by atoms with Crippen LogP contribution in [-0.4, -0.2) is 24.8 Å². The molecule has 0 aromatic heterocycles. The largest absolute Gasteiger partial charge is 0.497 e. The minimum absolute atomic E-state index is 0.0715. The zero-order chi connectivity index (χ0) is 16.8. The SMILES string of the molecule is CCC(=O)C(NC(=O)CCc1cccc(OC)c1)C(C)(C)C. The normalized spacial score (nSPS) is 12.6. The maximum atomic E-state index is 12.2. The average molecular weight is 305 g/mol. The third-order valence-electron chi connectivity index (χ3n) is 3.62. The summed E-state index contributed by atoms with van der Waals surface area (Å²) in [5.74, 6) is 0.762. The van der Waals surface area contributed by atoms with Gasteiger partial charge in [0, 0.05) is 12.8 Å². The molecule has 0 fully saturated rings. The van der Waals surface area contributed by atoms with Gasteiger partial charge in [-0.3, -0.25) is 9.59 Å². The van der Waals surface area contributed by atoms with Crippen molar-refractivity contribution in [1.82, 2.24) is 5.32 Å². The number of Topliss-reactive ketones (excluding diaryl/α,β-unsaturated/α-hetero) is 1. The molecule has 0 spiro atoms. The van der Waals surface area contributed by atoms with Crippen molar-refractivity contribution in [2.75, 3.05) is 7.11 Å². The Morgan fingerprint density at radius 2 is 1.95 bits per heavy atom. The summed E-state index contributed by atoms with van der Waals surface area (Å²) < 4.78 is 5.17. The van der Waals surface area contributed by atoms with E-state index in [2.05, 4.69) is 5.32 Å². The number of hydrogen-bond acceptors (Lipinski definition) is 3. The molecule has 4 heteroatoms. The van der Waals surface area contributed by atoms with Crippen molar-refractivity contribution in [3.63, 3.8) is 0 Å². The minimum Gasteiger partial charge on any atom is -0.497 e. The summed E-state index contributed by atoms with van der Waals surface area (Å²) >= 11 is 0. The van der Waals surface area contributed by atoms with Crippen molar-refractivity contribution in [2.45, 2.75) is 53.0 Å². The molecule has 1 atom stereocenters. The molecule has 122 valence electrons. The van der Waals surface area contributed by atoms with Gasteiger partial charge in [-0.1, -0.05) is 39.8 Å². The van der Waals surface area contributed by atoms with E-state index in [1.54, 1.807) is 7.11 Å². The average Bonchev–Trinajstić information content (AvgIpc) is 2.49. The molecule has 0 aliphatic rings. The van der Waals surface area contributed by atoms with Gasteiger partial charge >= 0.3 is 0 Å². The highest BCUT2D eigenvalue weighted by Crippen LogP contribution is 2.21. The number of aryl methyl sites for hydroxylation is 1. The molecule has 1 N–H and O–H groups in total. The maximum absolute atomic E-state index is 12.2. The molecule has 1 unspecified atom stereocenters. The van der Waals surface area contributed by atoms with E-state index in [1.165, 1.54) is 0 Å². The zero-order valence-electron chi connectivity index (χ0n) is 14.2. The molecule has 0 saturated carbocycles. The highest BCUT2D eigenvalue weighted by Gasteiger charge is 2.31. The van der Waals surface area contributed by atoms with E-state index in [1.807, 2.05) is 52.0 Å². The van der Waals surface area contributed by atoms with Crippen LogP contribution in [-0.2, 0) is 16.0 Å². The Balaban J connectivity index is 2.62. The lowest BCUT2D eigenvalue weighted by Gasteiger charge is -2.30. The van der Waals surface area contributed by atoms with Crippen molar-refractivity contribution >= 4 is 11.7 Å². The fraction of sp³-hybridized carbons (Fsp3) is 0.556. The van der Waals surface area contributed by atoms with Gasteiger partial charge in [0.25, 0.3) is 0 Å². The number of hydrogen-bond donors (Lipinski definition) is 1. The van der Waals surface area contributed by atoms with Crippen molar-refractivity contribution in [1.29, 1.82) is 0 Å². The van der Waals surface area contributed by atoms with Gasteiger partial charge in [-0.05, 0) is 29.5 Å². The number of methoxy groups -OCH3 is 1. The van der Waals surface area contributed by atoms with Crippen molar-refractivity contribution in [3.05, 3.63) is 29.8 Å². The standard InChI is InChI=1S/C18H27NO3/c1-6-15(20)17(18(2,3)4)19-16(21)11-10-13-8-7-9-14(12-13)22-5/h7-9,12,17H,6,10-11H2,1-5H3,(H,19,21). The summed E-state index contributed by atoms with van der Waals surface area (Å²) in [6.45, 7) is 7.72. The fourth-order valence-corrected chi connectivity index (χ4v) is 2.30. The smallest absolute Gasteiger partial charge is 0.220 e. The number of amides is 1. The lowest BCUT2D eigenvalue weighted by Crippen LogP contribution is -2.49. The molecule has 22 heavy (non-hydrogen) atoms. The summed E-state index contributed by atoms with van der Waals surface area (Å²) in [6, 6.07) is 7.24. The predicted octanol–water partition coefficient (Wildman–Crippen LogP) is 3.14. The van der Waals surface area contributed by atoms with Gasteiger partial charge in [0.2, 0.25) is 5.91 Å². The van der Waals surface area contributed by atoms with Crippen LogP contribution in [0.5, 0.6) is 5.75 Å². The lowest BCUT2D eigenvalue weighted by atomic mass is 9.83. The lowest BCUT2D eigenvalue weighted by molar-refractivity contribution is -0.130. The van der Waals surface area contributed by atoms with E-state index >= 15 is 0 Å². The first-order chi connectivity index (χ1) is 10.3. The third kappa shape index (κ3) is 5.51. The van der Waals surface area contributed by atoms with Gasteiger partial charge < -0.3 is 10.1 Å². The van der Waals surface area contributed by atoms with Crippen LogP contribution in [0.15, 0.2) is 24.3 Å². The summed E-state index contributed by atoms with van der Waals surface area (Å²) in [6.07, 6.45) is 1.41. The van der Waals surface area contributed by atoms with E-state index < -0.39 is 6.04 Å². The molecule has 1 rings (SSSR count). The van der Waals surface area contributed by atoms with E-state index in [0.717, 1.165) is 11.3 Å². The number of nitrogens with one attached hydrogen (secondary N) is 1. The van der Waals surface area contributed by atoms with Crippen molar-refractivity contribution in [2.24, 2.45) is 5.41 Å². The summed E-state index contributed by atoms with van der Waals surface area (Å²) in [5, 5.41) is 2.89. The first-order valence-corrected chi connectivity index (χ1v) is 7.73. The fourth-order valence-electron chi connectivity index (χ4n) is 2.30. The monoisotopic (exact) mass is 305 g/mol. The van der Waals surface area contributed by atoms with E-state index in [0.29, 0.717) is 19.3 Å². The molecule has 0 aliphatic carbocycles. The Hall–Kier alpha value is -1.84. The van der Waals surface area contributed by atoms with Crippen LogP contribution in [0.1, 0.15) is 46.1 Å². The van der Waals surface area contributed by atoms with Crippen LogP contribution in [0.3, 0.4) is 0 Å². The van der Waals surface area contributed by atoms with Gasteiger partial charge in [0.1, 0.15) is 5.75 Å². The number of rotatable bonds is 7. The van der Waals surface area contributed by atoms with Crippen LogP contribution in [0.25, 0.3) is 0 Å². The Bertz CT molecular complexity index is 517. The van der Waals surface area contributed by atoms with Crippen molar-refractivity contribution in [3.8, 4) is 5.75 Å². The molecule has 0 saturated heterocycles. The third-order valence-corrected chi connectivity index (χ3v) is 3.62. The molecule has 1 amide bonds. The first kappa shape index (κ1) is 18.2. The maximum Gasteiger partial charge on any atom is 0.220 e.